The lowest BCUT2D eigenvalue weighted by atomic mass is 10.1. The van der Waals surface area contributed by atoms with Gasteiger partial charge in [0.2, 0.25) is 0 Å². The summed E-state index contributed by atoms with van der Waals surface area (Å²) < 4.78 is 2.50. The third-order valence-corrected chi connectivity index (χ3v) is 5.42. The maximum atomic E-state index is 5.06. The molecular weight excluding hydrogens is 318 g/mol. The Morgan fingerprint density at radius 1 is 1.08 bits per heavy atom. The molecule has 0 saturated carbocycles. The number of aromatic nitrogens is 2. The zero-order valence-corrected chi connectivity index (χ0v) is 15.8. The van der Waals surface area contributed by atoms with Crippen molar-refractivity contribution < 1.29 is 0 Å². The van der Waals surface area contributed by atoms with E-state index in [4.69, 9.17) is 4.98 Å². The lowest BCUT2D eigenvalue weighted by Gasteiger charge is -2.25. The number of rotatable bonds is 3. The zero-order valence-electron chi connectivity index (χ0n) is 15.8. The standard InChI is InChI=1S/C23H27N3/c1-17(2)20-13-9-14-21-22(20)26(19-12-7-8-15-25(3)16-19)23(24-21)18-10-5-4-6-11-18/h4-6,9-11,13-14,19H,1,7-8,12,15-16H2,2-3H3. The molecular formula is C23H27N3. The van der Waals surface area contributed by atoms with Crippen LogP contribution in [0.2, 0.25) is 0 Å². The molecule has 1 aliphatic heterocycles. The highest BCUT2D eigenvalue weighted by Crippen LogP contribution is 2.35. The summed E-state index contributed by atoms with van der Waals surface area (Å²) in [5, 5.41) is 0. The van der Waals surface area contributed by atoms with E-state index < -0.39 is 0 Å². The van der Waals surface area contributed by atoms with Crippen molar-refractivity contribution in [3.63, 3.8) is 0 Å². The van der Waals surface area contributed by atoms with E-state index in [2.05, 4.69) is 78.5 Å². The molecule has 3 nitrogen and oxygen atoms in total. The Kier molecular flexibility index (Phi) is 4.64. The van der Waals surface area contributed by atoms with Gasteiger partial charge in [0.05, 0.1) is 11.0 Å². The first-order valence-electron chi connectivity index (χ1n) is 9.56. The van der Waals surface area contributed by atoms with Gasteiger partial charge in [0.15, 0.2) is 0 Å². The number of hydrogen-bond acceptors (Lipinski definition) is 2. The van der Waals surface area contributed by atoms with Crippen LogP contribution in [-0.2, 0) is 0 Å². The second-order valence-corrected chi connectivity index (χ2v) is 7.54. The van der Waals surface area contributed by atoms with Crippen LogP contribution in [0.15, 0.2) is 55.1 Å². The molecule has 3 aromatic rings. The molecule has 26 heavy (non-hydrogen) atoms. The van der Waals surface area contributed by atoms with Gasteiger partial charge in [-0.25, -0.2) is 4.98 Å². The van der Waals surface area contributed by atoms with Crippen LogP contribution in [0.5, 0.6) is 0 Å². The fraction of sp³-hybridized carbons (Fsp3) is 0.348. The van der Waals surface area contributed by atoms with Gasteiger partial charge < -0.3 is 9.47 Å². The Hall–Kier alpha value is -2.39. The monoisotopic (exact) mass is 345 g/mol. The first-order chi connectivity index (χ1) is 12.6. The molecule has 2 aromatic carbocycles. The van der Waals surface area contributed by atoms with Crippen LogP contribution < -0.4 is 0 Å². The number of imidazole rings is 1. The zero-order chi connectivity index (χ0) is 18.1. The Morgan fingerprint density at radius 3 is 2.65 bits per heavy atom. The summed E-state index contributed by atoms with van der Waals surface area (Å²) in [4.78, 5) is 7.52. The van der Waals surface area contributed by atoms with Crippen molar-refractivity contribution in [2.75, 3.05) is 20.1 Å². The van der Waals surface area contributed by atoms with E-state index in [0.717, 1.165) is 23.5 Å². The quantitative estimate of drug-likeness (QED) is 0.634. The molecule has 1 aromatic heterocycles. The SMILES string of the molecule is C=C(C)c1cccc2nc(-c3ccccc3)n(C3CCCCN(C)C3)c12. The van der Waals surface area contributed by atoms with Crippen molar-refractivity contribution >= 4 is 16.6 Å². The maximum Gasteiger partial charge on any atom is 0.141 e. The van der Waals surface area contributed by atoms with E-state index in [0.29, 0.717) is 6.04 Å². The Morgan fingerprint density at radius 2 is 1.88 bits per heavy atom. The van der Waals surface area contributed by atoms with E-state index in [1.807, 2.05) is 0 Å². The summed E-state index contributed by atoms with van der Waals surface area (Å²) in [6.07, 6.45) is 3.73. The number of fused-ring (bicyclic) bond motifs is 1. The first kappa shape index (κ1) is 17.0. The minimum Gasteiger partial charge on any atom is -0.319 e. The summed E-state index contributed by atoms with van der Waals surface area (Å²) in [5.74, 6) is 1.08. The van der Waals surface area contributed by atoms with Crippen molar-refractivity contribution in [2.45, 2.75) is 32.2 Å². The maximum absolute atomic E-state index is 5.06. The van der Waals surface area contributed by atoms with Crippen LogP contribution in [0.25, 0.3) is 28.0 Å². The number of allylic oxidation sites excluding steroid dienone is 1. The summed E-state index contributed by atoms with van der Waals surface area (Å²) >= 11 is 0. The molecule has 1 aliphatic rings. The Labute approximate surface area is 156 Å². The topological polar surface area (TPSA) is 21.1 Å². The van der Waals surface area contributed by atoms with Crippen molar-refractivity contribution in [3.8, 4) is 11.4 Å². The highest BCUT2D eigenvalue weighted by Gasteiger charge is 2.24. The fourth-order valence-electron chi connectivity index (χ4n) is 4.15. The molecule has 0 amide bonds. The van der Waals surface area contributed by atoms with Gasteiger partial charge in [-0.1, -0.05) is 55.5 Å². The summed E-state index contributed by atoms with van der Waals surface area (Å²) in [5.41, 5.74) is 5.79. The van der Waals surface area contributed by atoms with Gasteiger partial charge in [0.25, 0.3) is 0 Å². The van der Waals surface area contributed by atoms with Crippen molar-refractivity contribution in [2.24, 2.45) is 0 Å². The Bertz CT molecular complexity index is 923. The first-order valence-corrected chi connectivity index (χ1v) is 9.56. The smallest absolute Gasteiger partial charge is 0.141 e. The minimum absolute atomic E-state index is 0.434. The molecule has 0 bridgehead atoms. The van der Waals surface area contributed by atoms with Gasteiger partial charge in [-0.15, -0.1) is 0 Å². The molecule has 134 valence electrons. The fourth-order valence-corrected chi connectivity index (χ4v) is 4.15. The van der Waals surface area contributed by atoms with E-state index in [1.54, 1.807) is 0 Å². The number of benzene rings is 2. The molecule has 1 unspecified atom stereocenters. The van der Waals surface area contributed by atoms with Crippen LogP contribution in [0.3, 0.4) is 0 Å². The summed E-state index contributed by atoms with van der Waals surface area (Å²) in [7, 11) is 2.24. The molecule has 0 spiro atoms. The van der Waals surface area contributed by atoms with E-state index in [1.165, 1.54) is 42.5 Å². The number of likely N-dealkylation sites (tertiary alicyclic amines) is 1. The molecule has 1 saturated heterocycles. The average molecular weight is 345 g/mol. The van der Waals surface area contributed by atoms with Crippen molar-refractivity contribution in [3.05, 3.63) is 60.7 Å². The van der Waals surface area contributed by atoms with E-state index in [-0.39, 0.29) is 0 Å². The lowest BCUT2D eigenvalue weighted by Crippen LogP contribution is -2.26. The minimum atomic E-state index is 0.434. The number of hydrogen-bond donors (Lipinski definition) is 0. The van der Waals surface area contributed by atoms with Crippen LogP contribution in [-0.4, -0.2) is 34.6 Å². The molecule has 3 heteroatoms. The molecule has 0 N–H and O–H groups in total. The molecule has 4 rings (SSSR count). The molecule has 1 fully saturated rings. The largest absolute Gasteiger partial charge is 0.319 e. The lowest BCUT2D eigenvalue weighted by molar-refractivity contribution is 0.302. The molecule has 0 radical (unpaired) electrons. The van der Waals surface area contributed by atoms with Crippen LogP contribution in [0.1, 0.15) is 37.8 Å². The number of para-hydroxylation sites is 1. The summed E-state index contributed by atoms with van der Waals surface area (Å²) in [6.45, 7) is 8.56. The summed E-state index contributed by atoms with van der Waals surface area (Å²) in [6, 6.07) is 17.4. The third-order valence-electron chi connectivity index (χ3n) is 5.42. The number of nitrogens with zero attached hydrogens (tertiary/aromatic N) is 3. The predicted octanol–water partition coefficient (Wildman–Crippen LogP) is 5.39. The molecule has 1 atom stereocenters. The van der Waals surface area contributed by atoms with Crippen LogP contribution >= 0.6 is 0 Å². The van der Waals surface area contributed by atoms with Crippen molar-refractivity contribution in [1.82, 2.24) is 14.5 Å². The number of likely N-dealkylation sites (N-methyl/N-ethyl adjacent to an activating group) is 1. The van der Waals surface area contributed by atoms with Gasteiger partial charge in [0.1, 0.15) is 5.82 Å². The van der Waals surface area contributed by atoms with E-state index >= 15 is 0 Å². The van der Waals surface area contributed by atoms with Gasteiger partial charge in [-0.05, 0) is 45.0 Å². The van der Waals surface area contributed by atoms with Gasteiger partial charge in [0, 0.05) is 23.7 Å². The van der Waals surface area contributed by atoms with E-state index in [9.17, 15) is 0 Å². The third kappa shape index (κ3) is 3.08. The van der Waals surface area contributed by atoms with Gasteiger partial charge in [-0.2, -0.15) is 0 Å². The molecule has 0 aliphatic carbocycles. The Balaban J connectivity index is 1.99. The normalized spacial score (nSPS) is 18.8. The van der Waals surface area contributed by atoms with Gasteiger partial charge in [-0.3, -0.25) is 0 Å². The predicted molar refractivity (Wildman–Crippen MR) is 110 cm³/mol. The second-order valence-electron chi connectivity index (χ2n) is 7.54. The highest BCUT2D eigenvalue weighted by molar-refractivity contribution is 5.91. The second kappa shape index (κ2) is 7.08. The average Bonchev–Trinajstić information content (AvgIpc) is 2.91. The highest BCUT2D eigenvalue weighted by atomic mass is 15.2. The van der Waals surface area contributed by atoms with Crippen LogP contribution in [0.4, 0.5) is 0 Å². The van der Waals surface area contributed by atoms with Crippen molar-refractivity contribution in [1.29, 1.82) is 0 Å². The molecule has 2 heterocycles. The van der Waals surface area contributed by atoms with Gasteiger partial charge >= 0.3 is 0 Å². The van der Waals surface area contributed by atoms with Crippen LogP contribution in [0, 0.1) is 0 Å².